The first kappa shape index (κ1) is 45.6. The number of benzene rings is 9. The molecule has 0 unspecified atom stereocenters. The molecule has 74 heavy (non-hydrogen) atoms. The van der Waals surface area contributed by atoms with Gasteiger partial charge in [-0.2, -0.15) is 5.26 Å². The maximum atomic E-state index is 11.2. The molecular weight excluding hydrogens is 901 g/mol. The molecule has 0 aliphatic heterocycles. The number of nitriles is 1. The minimum Gasteiger partial charge on any atom is -0.308 e. The van der Waals surface area contributed by atoms with E-state index in [1.54, 1.807) is 0 Å². The number of aromatic nitrogens is 5. The molecule has 6 nitrogen and oxygen atoms in total. The molecule has 0 aliphatic carbocycles. The Balaban J connectivity index is 1.27. The van der Waals surface area contributed by atoms with Crippen LogP contribution >= 0.6 is 0 Å². The monoisotopic (exact) mass is 950 g/mol. The van der Waals surface area contributed by atoms with Crippen LogP contribution in [-0.4, -0.2) is 24.5 Å². The summed E-state index contributed by atoms with van der Waals surface area (Å²) in [6, 6.07) is 76.3. The van der Waals surface area contributed by atoms with Crippen LogP contribution < -0.4 is 0 Å². The molecule has 0 aliphatic rings. The van der Waals surface area contributed by atoms with Crippen molar-refractivity contribution >= 4 is 21.8 Å². The van der Waals surface area contributed by atoms with Crippen LogP contribution in [0.15, 0.2) is 212 Å². The lowest BCUT2D eigenvalue weighted by molar-refractivity contribution is 1.12. The first-order valence-electron chi connectivity index (χ1n) is 25.0. The highest BCUT2D eigenvalue weighted by atomic mass is 15.0. The largest absolute Gasteiger partial charge is 0.308 e. The van der Waals surface area contributed by atoms with E-state index in [2.05, 4.69) is 173 Å². The second-order valence-electron chi connectivity index (χ2n) is 19.3. The lowest BCUT2D eigenvalue weighted by atomic mass is 9.93. The smallest absolute Gasteiger partial charge is 0.162 e. The first-order chi connectivity index (χ1) is 36.2. The van der Waals surface area contributed by atoms with Gasteiger partial charge in [-0.1, -0.05) is 187 Å². The van der Waals surface area contributed by atoms with E-state index < -0.39 is 0 Å². The minimum atomic E-state index is 0.423. The summed E-state index contributed by atoms with van der Waals surface area (Å²) in [7, 11) is 0. The molecule has 6 heteroatoms. The molecule has 0 bridgehead atoms. The topological polar surface area (TPSA) is 80.3 Å². The number of nitrogens with zero attached hydrogens (tertiary/aromatic N) is 6. The van der Waals surface area contributed by atoms with Gasteiger partial charge in [0.1, 0.15) is 0 Å². The number of aryl methyl sites for hydroxylation is 5. The van der Waals surface area contributed by atoms with E-state index in [4.69, 9.17) is 19.9 Å². The van der Waals surface area contributed by atoms with Crippen LogP contribution in [0.3, 0.4) is 0 Å². The number of rotatable bonds is 9. The van der Waals surface area contributed by atoms with Crippen LogP contribution in [0.1, 0.15) is 33.4 Å². The molecule has 0 spiro atoms. The number of hydrogen-bond donors (Lipinski definition) is 0. The predicted octanol–water partition coefficient (Wildman–Crippen LogP) is 17.1. The second kappa shape index (κ2) is 18.9. The summed E-state index contributed by atoms with van der Waals surface area (Å²) in [6.45, 7) is 10.9. The maximum absolute atomic E-state index is 11.2. The van der Waals surface area contributed by atoms with Gasteiger partial charge in [-0.15, -0.1) is 0 Å². The SMILES string of the molecule is Cc1ccc(-c2ccc3c4ccc(-c5c(C)cc(C)cc5C)cc4n(-c4c(-c5nc(-c6ccccc6)cc(-c6ccccc6)n5)cc(C#N)cc4-c4nc(-c5ccccc5)cc(-c5ccccc5)n4)c3c2)c(C)c1. The maximum Gasteiger partial charge on any atom is 0.162 e. The van der Waals surface area contributed by atoms with Crippen LogP contribution in [0.25, 0.3) is 118 Å². The zero-order valence-corrected chi connectivity index (χ0v) is 41.9. The second-order valence-corrected chi connectivity index (χ2v) is 19.3. The Labute approximate surface area is 431 Å². The minimum absolute atomic E-state index is 0.423. The summed E-state index contributed by atoms with van der Waals surface area (Å²) < 4.78 is 2.37. The Morgan fingerprint density at radius 3 is 1.18 bits per heavy atom. The van der Waals surface area contributed by atoms with Gasteiger partial charge < -0.3 is 4.57 Å². The molecule has 12 aromatic rings. The van der Waals surface area contributed by atoms with Crippen molar-refractivity contribution in [2.45, 2.75) is 34.6 Å². The summed E-state index contributed by atoms with van der Waals surface area (Å²) in [5, 5.41) is 13.3. The molecule has 0 N–H and O–H groups in total. The molecular formula is C68H50N6. The average molecular weight is 951 g/mol. The van der Waals surface area contributed by atoms with E-state index in [0.29, 0.717) is 28.3 Å². The fourth-order valence-electron chi connectivity index (χ4n) is 10.8. The number of fused-ring (bicyclic) bond motifs is 3. The average Bonchev–Trinajstić information content (AvgIpc) is 3.76. The zero-order chi connectivity index (χ0) is 50.5. The lowest BCUT2D eigenvalue weighted by Gasteiger charge is -2.20. The summed E-state index contributed by atoms with van der Waals surface area (Å²) in [5.41, 5.74) is 21.8. The van der Waals surface area contributed by atoms with Crippen molar-refractivity contribution in [2.24, 2.45) is 0 Å². The van der Waals surface area contributed by atoms with Crippen LogP contribution in [0, 0.1) is 45.9 Å². The molecule has 3 heterocycles. The molecule has 3 aromatic heterocycles. The molecule has 0 radical (unpaired) electrons. The highest BCUT2D eigenvalue weighted by Crippen LogP contribution is 2.45. The van der Waals surface area contributed by atoms with E-state index in [1.807, 2.05) is 84.9 Å². The van der Waals surface area contributed by atoms with Crippen molar-refractivity contribution in [1.29, 1.82) is 5.26 Å². The Bertz CT molecular complexity index is 3890. The highest BCUT2D eigenvalue weighted by molar-refractivity contribution is 6.12. The molecule has 0 saturated heterocycles. The van der Waals surface area contributed by atoms with Crippen molar-refractivity contribution in [3.8, 4) is 102 Å². The van der Waals surface area contributed by atoms with Gasteiger partial charge in [0.05, 0.1) is 51.1 Å². The third-order valence-electron chi connectivity index (χ3n) is 14.1. The zero-order valence-electron chi connectivity index (χ0n) is 41.9. The molecule has 0 saturated carbocycles. The van der Waals surface area contributed by atoms with Crippen molar-refractivity contribution in [1.82, 2.24) is 24.5 Å². The summed E-state index contributed by atoms with van der Waals surface area (Å²) in [5.74, 6) is 0.922. The normalized spacial score (nSPS) is 11.3. The number of hydrogen-bond acceptors (Lipinski definition) is 5. The fourth-order valence-corrected chi connectivity index (χ4v) is 10.8. The Morgan fingerprint density at radius 2 is 0.757 bits per heavy atom. The quantitative estimate of drug-likeness (QED) is 0.144. The molecule has 0 atom stereocenters. The first-order valence-corrected chi connectivity index (χ1v) is 25.0. The van der Waals surface area contributed by atoms with E-state index in [0.717, 1.165) is 89.2 Å². The van der Waals surface area contributed by atoms with Gasteiger partial charge >= 0.3 is 0 Å². The van der Waals surface area contributed by atoms with Crippen molar-refractivity contribution in [2.75, 3.05) is 0 Å². The van der Waals surface area contributed by atoms with E-state index in [1.165, 1.54) is 33.4 Å². The van der Waals surface area contributed by atoms with Crippen molar-refractivity contribution < 1.29 is 0 Å². The van der Waals surface area contributed by atoms with Gasteiger partial charge in [-0.3, -0.25) is 0 Å². The van der Waals surface area contributed by atoms with Crippen LogP contribution in [0.4, 0.5) is 0 Å². The van der Waals surface area contributed by atoms with E-state index in [-0.39, 0.29) is 0 Å². The Hall–Kier alpha value is -9.57. The highest BCUT2D eigenvalue weighted by Gasteiger charge is 2.27. The summed E-state index contributed by atoms with van der Waals surface area (Å²) in [4.78, 5) is 21.9. The van der Waals surface area contributed by atoms with Crippen LogP contribution in [0.2, 0.25) is 0 Å². The van der Waals surface area contributed by atoms with Crippen molar-refractivity contribution in [3.05, 3.63) is 246 Å². The van der Waals surface area contributed by atoms with E-state index >= 15 is 0 Å². The van der Waals surface area contributed by atoms with Gasteiger partial charge in [0.25, 0.3) is 0 Å². The van der Waals surface area contributed by atoms with Gasteiger partial charge in [0.15, 0.2) is 11.6 Å². The third kappa shape index (κ3) is 8.40. The third-order valence-corrected chi connectivity index (χ3v) is 14.1. The lowest BCUT2D eigenvalue weighted by Crippen LogP contribution is -2.07. The Kier molecular flexibility index (Phi) is 11.6. The summed E-state index contributed by atoms with van der Waals surface area (Å²) in [6.07, 6.45) is 0. The Morgan fingerprint density at radius 1 is 0.351 bits per heavy atom. The summed E-state index contributed by atoms with van der Waals surface area (Å²) >= 11 is 0. The van der Waals surface area contributed by atoms with Gasteiger partial charge in [-0.25, -0.2) is 19.9 Å². The van der Waals surface area contributed by atoms with Crippen molar-refractivity contribution in [3.63, 3.8) is 0 Å². The molecule has 0 amide bonds. The fraction of sp³-hybridized carbons (Fsp3) is 0.0735. The molecule has 12 rings (SSSR count). The standard InChI is InChI=1S/C68H50N6/c1-42-26-29-54(44(3)32-42)52-27-30-55-56-31-28-53(65-45(4)33-43(2)34-46(65)5)38-64(56)74(63(55)37-52)66-57(67-70-59(48-18-10-6-11-19-48)39-60(71-67)49-20-12-7-13-21-49)35-47(41-69)36-58(66)68-72-61(50-22-14-8-15-23-50)40-62(73-68)51-24-16-9-17-25-51/h6-40H,1-5H3. The molecule has 0 fully saturated rings. The predicted molar refractivity (Wildman–Crippen MR) is 304 cm³/mol. The van der Waals surface area contributed by atoms with Crippen LogP contribution in [0.5, 0.6) is 0 Å². The molecule has 352 valence electrons. The molecule has 9 aromatic carbocycles. The van der Waals surface area contributed by atoms with E-state index in [9.17, 15) is 5.26 Å². The van der Waals surface area contributed by atoms with Gasteiger partial charge in [0, 0.05) is 44.2 Å². The van der Waals surface area contributed by atoms with Crippen LogP contribution in [-0.2, 0) is 0 Å². The van der Waals surface area contributed by atoms with Gasteiger partial charge in [-0.05, 0) is 110 Å². The van der Waals surface area contributed by atoms with Gasteiger partial charge in [0.2, 0.25) is 0 Å².